The van der Waals surface area contributed by atoms with Crippen molar-refractivity contribution in [2.45, 2.75) is 11.4 Å². The Morgan fingerprint density at radius 3 is 2.74 bits per heavy atom. The monoisotopic (exact) mass is 269 g/mol. The number of anilines is 1. The zero-order valence-electron chi connectivity index (χ0n) is 10.5. The van der Waals surface area contributed by atoms with E-state index in [0.29, 0.717) is 0 Å². The summed E-state index contributed by atoms with van der Waals surface area (Å²) in [4.78, 5) is 1.29. The number of benzene rings is 2. The van der Waals surface area contributed by atoms with Crippen molar-refractivity contribution in [3.05, 3.63) is 54.9 Å². The number of hydrogen-bond donors (Lipinski definition) is 1. The average molecular weight is 269 g/mol. The Bertz CT molecular complexity index is 690. The molecule has 0 fully saturated rings. The van der Waals surface area contributed by atoms with Crippen molar-refractivity contribution in [3.63, 3.8) is 0 Å². The minimum Gasteiger partial charge on any atom is -0.396 e. The first kappa shape index (κ1) is 12.1. The Morgan fingerprint density at radius 2 is 1.95 bits per heavy atom. The van der Waals surface area contributed by atoms with Gasteiger partial charge in [0, 0.05) is 16.8 Å². The van der Waals surface area contributed by atoms with Crippen molar-refractivity contribution in [3.8, 4) is 0 Å². The Hall–Kier alpha value is -1.94. The van der Waals surface area contributed by atoms with Crippen LogP contribution in [0.15, 0.2) is 59.8 Å². The molecule has 2 N–H and O–H groups in total. The van der Waals surface area contributed by atoms with Crippen molar-refractivity contribution < 1.29 is 0 Å². The highest BCUT2D eigenvalue weighted by atomic mass is 32.2. The lowest BCUT2D eigenvalue weighted by Gasteiger charge is -2.04. The van der Waals surface area contributed by atoms with Crippen LogP contribution in [0.2, 0.25) is 0 Å². The van der Waals surface area contributed by atoms with Crippen LogP contribution in [0.1, 0.15) is 0 Å². The van der Waals surface area contributed by atoms with E-state index >= 15 is 0 Å². The van der Waals surface area contributed by atoms with Crippen LogP contribution in [0.3, 0.4) is 0 Å². The van der Waals surface area contributed by atoms with Crippen LogP contribution >= 0.6 is 11.8 Å². The van der Waals surface area contributed by atoms with E-state index in [1.807, 2.05) is 22.6 Å². The number of aromatic nitrogens is 2. The van der Waals surface area contributed by atoms with Crippen LogP contribution in [-0.2, 0) is 6.54 Å². The molecule has 0 unspecified atom stereocenters. The number of aryl methyl sites for hydroxylation is 1. The molecule has 0 aliphatic heterocycles. The molecular weight excluding hydrogens is 254 g/mol. The van der Waals surface area contributed by atoms with E-state index in [2.05, 4.69) is 47.6 Å². The van der Waals surface area contributed by atoms with Crippen molar-refractivity contribution >= 4 is 28.2 Å². The fourth-order valence-corrected chi connectivity index (χ4v) is 2.90. The summed E-state index contributed by atoms with van der Waals surface area (Å²) in [6.45, 7) is 0.870. The molecule has 0 atom stereocenters. The van der Waals surface area contributed by atoms with Crippen LogP contribution in [0, 0.1) is 0 Å². The third-order valence-corrected chi connectivity index (χ3v) is 3.94. The molecule has 3 rings (SSSR count). The minimum absolute atomic E-state index is 0.718. The van der Waals surface area contributed by atoms with Crippen molar-refractivity contribution in [2.75, 3.05) is 11.5 Å². The lowest BCUT2D eigenvalue weighted by molar-refractivity contribution is 0.666. The summed E-state index contributed by atoms with van der Waals surface area (Å²) >= 11 is 1.84. The van der Waals surface area contributed by atoms with E-state index in [0.717, 1.165) is 18.0 Å². The van der Waals surface area contributed by atoms with Gasteiger partial charge in [0.25, 0.3) is 0 Å². The first-order valence-corrected chi connectivity index (χ1v) is 7.19. The molecule has 96 valence electrons. The molecule has 2 aromatic carbocycles. The molecule has 3 aromatic rings. The van der Waals surface area contributed by atoms with Crippen molar-refractivity contribution in [2.24, 2.45) is 0 Å². The van der Waals surface area contributed by atoms with Gasteiger partial charge >= 0.3 is 0 Å². The summed E-state index contributed by atoms with van der Waals surface area (Å²) in [7, 11) is 0. The van der Waals surface area contributed by atoms with E-state index in [4.69, 9.17) is 5.73 Å². The number of thioether (sulfide) groups is 1. The Kier molecular flexibility index (Phi) is 3.42. The third kappa shape index (κ3) is 2.90. The predicted molar refractivity (Wildman–Crippen MR) is 81.3 cm³/mol. The van der Waals surface area contributed by atoms with Crippen LogP contribution in [0.4, 0.5) is 5.69 Å². The molecule has 0 saturated heterocycles. The Balaban J connectivity index is 1.65. The van der Waals surface area contributed by atoms with Gasteiger partial charge in [0.15, 0.2) is 0 Å². The van der Waals surface area contributed by atoms with E-state index in [9.17, 15) is 0 Å². The van der Waals surface area contributed by atoms with Gasteiger partial charge in [-0.3, -0.25) is 4.68 Å². The van der Waals surface area contributed by atoms with Gasteiger partial charge in [0.1, 0.15) is 0 Å². The van der Waals surface area contributed by atoms with Gasteiger partial charge in [-0.15, -0.1) is 11.8 Å². The highest BCUT2D eigenvalue weighted by Crippen LogP contribution is 2.23. The topological polar surface area (TPSA) is 43.8 Å². The van der Waals surface area contributed by atoms with E-state index in [1.165, 1.54) is 15.7 Å². The highest BCUT2D eigenvalue weighted by molar-refractivity contribution is 7.99. The van der Waals surface area contributed by atoms with Crippen LogP contribution in [0.5, 0.6) is 0 Å². The minimum atomic E-state index is 0.718. The smallest absolute Gasteiger partial charge is 0.0719 e. The normalized spacial score (nSPS) is 10.9. The molecule has 0 aliphatic carbocycles. The fraction of sp³-hybridized carbons (Fsp3) is 0.133. The van der Waals surface area contributed by atoms with Crippen LogP contribution in [0.25, 0.3) is 10.8 Å². The number of nitrogens with two attached hydrogens (primary N) is 1. The van der Waals surface area contributed by atoms with Crippen LogP contribution in [-0.4, -0.2) is 15.5 Å². The second-order valence-corrected chi connectivity index (χ2v) is 5.56. The largest absolute Gasteiger partial charge is 0.396 e. The second kappa shape index (κ2) is 5.36. The summed E-state index contributed by atoms with van der Waals surface area (Å²) in [5, 5.41) is 6.75. The molecule has 0 saturated carbocycles. The lowest BCUT2D eigenvalue weighted by Crippen LogP contribution is -2.00. The summed E-state index contributed by atoms with van der Waals surface area (Å²) in [5.41, 5.74) is 6.35. The molecule has 1 heterocycles. The molecule has 0 aliphatic rings. The van der Waals surface area contributed by atoms with Gasteiger partial charge < -0.3 is 5.73 Å². The number of nitrogen functional groups attached to an aromatic ring is 1. The van der Waals surface area contributed by atoms with E-state index in [1.54, 1.807) is 6.20 Å². The average Bonchev–Trinajstić information content (AvgIpc) is 2.84. The SMILES string of the molecule is Nc1cnn(CCSc2ccc3ccccc3c2)c1. The molecule has 3 nitrogen and oxygen atoms in total. The molecule has 0 radical (unpaired) electrons. The van der Waals surface area contributed by atoms with Gasteiger partial charge in [-0.2, -0.15) is 5.10 Å². The van der Waals surface area contributed by atoms with Gasteiger partial charge in [0.2, 0.25) is 0 Å². The Morgan fingerprint density at radius 1 is 1.11 bits per heavy atom. The molecule has 0 amide bonds. The standard InChI is InChI=1S/C15H15N3S/c16-14-10-17-18(11-14)7-8-19-15-6-5-12-3-1-2-4-13(12)9-15/h1-6,9-11H,7-8,16H2. The fourth-order valence-electron chi connectivity index (χ4n) is 2.02. The van der Waals surface area contributed by atoms with Crippen LogP contribution < -0.4 is 5.73 Å². The molecule has 0 spiro atoms. The zero-order valence-corrected chi connectivity index (χ0v) is 11.3. The van der Waals surface area contributed by atoms with Crippen molar-refractivity contribution in [1.82, 2.24) is 9.78 Å². The highest BCUT2D eigenvalue weighted by Gasteiger charge is 1.99. The second-order valence-electron chi connectivity index (χ2n) is 4.39. The number of nitrogens with zero attached hydrogens (tertiary/aromatic N) is 2. The first-order valence-electron chi connectivity index (χ1n) is 6.21. The van der Waals surface area contributed by atoms with Gasteiger partial charge in [0.05, 0.1) is 18.4 Å². The predicted octanol–water partition coefficient (Wildman–Crippen LogP) is 3.41. The van der Waals surface area contributed by atoms with Crippen molar-refractivity contribution in [1.29, 1.82) is 0 Å². The van der Waals surface area contributed by atoms with Gasteiger partial charge in [-0.25, -0.2) is 0 Å². The quantitative estimate of drug-likeness (QED) is 0.738. The van der Waals surface area contributed by atoms with Gasteiger partial charge in [-0.1, -0.05) is 30.3 Å². The maximum Gasteiger partial charge on any atom is 0.0719 e. The summed E-state index contributed by atoms with van der Waals surface area (Å²) in [6, 6.07) is 15.0. The summed E-state index contributed by atoms with van der Waals surface area (Å²) < 4.78 is 1.88. The molecular formula is C15H15N3S. The number of fused-ring (bicyclic) bond motifs is 1. The third-order valence-electron chi connectivity index (χ3n) is 2.96. The lowest BCUT2D eigenvalue weighted by atomic mass is 10.1. The van der Waals surface area contributed by atoms with E-state index in [-0.39, 0.29) is 0 Å². The zero-order chi connectivity index (χ0) is 13.1. The van der Waals surface area contributed by atoms with Gasteiger partial charge in [-0.05, 0) is 22.9 Å². The molecule has 0 bridgehead atoms. The summed E-state index contributed by atoms with van der Waals surface area (Å²) in [5.74, 6) is 0.986. The molecule has 19 heavy (non-hydrogen) atoms. The summed E-state index contributed by atoms with van der Waals surface area (Å²) in [6.07, 6.45) is 3.54. The maximum atomic E-state index is 5.63. The van der Waals surface area contributed by atoms with E-state index < -0.39 is 0 Å². The number of rotatable bonds is 4. The number of hydrogen-bond acceptors (Lipinski definition) is 3. The maximum absolute atomic E-state index is 5.63. The first-order chi connectivity index (χ1) is 9.31. The molecule has 4 heteroatoms. The Labute approximate surface area is 116 Å². The molecule has 1 aromatic heterocycles.